The van der Waals surface area contributed by atoms with Crippen LogP contribution in [0.2, 0.25) is 0 Å². The van der Waals surface area contributed by atoms with E-state index in [4.69, 9.17) is 0 Å². The topological polar surface area (TPSA) is 30.7 Å². The molecular weight excluding hydrogens is 186 g/mol. The maximum absolute atomic E-state index is 4.58. The van der Waals surface area contributed by atoms with Gasteiger partial charge in [0.1, 0.15) is 11.6 Å². The standard InChI is InChI=1S/C12H19N3/c1-8(2)11-5-12(6-11,7-11)10-13-9(3)14-15(10)4/h8H,5-7H2,1-4H3. The molecule has 0 radical (unpaired) electrons. The third kappa shape index (κ3) is 0.963. The van der Waals surface area contributed by atoms with E-state index in [2.05, 4.69) is 23.9 Å². The summed E-state index contributed by atoms with van der Waals surface area (Å²) in [5, 5.41) is 4.36. The van der Waals surface area contributed by atoms with Crippen molar-refractivity contribution in [3.8, 4) is 0 Å². The van der Waals surface area contributed by atoms with Crippen LogP contribution in [0.5, 0.6) is 0 Å². The van der Waals surface area contributed by atoms with Crippen LogP contribution in [0, 0.1) is 18.3 Å². The Kier molecular flexibility index (Phi) is 1.53. The normalized spacial score (nSPS) is 37.7. The Labute approximate surface area is 90.9 Å². The molecule has 0 aliphatic heterocycles. The molecule has 1 aromatic heterocycles. The summed E-state index contributed by atoms with van der Waals surface area (Å²) in [5.41, 5.74) is 1.06. The van der Waals surface area contributed by atoms with E-state index in [1.807, 2.05) is 18.7 Å². The highest BCUT2D eigenvalue weighted by molar-refractivity contribution is 5.31. The van der Waals surface area contributed by atoms with Gasteiger partial charge in [-0.2, -0.15) is 5.10 Å². The highest BCUT2D eigenvalue weighted by Gasteiger charge is 2.70. The number of hydrogen-bond donors (Lipinski definition) is 0. The summed E-state index contributed by atoms with van der Waals surface area (Å²) in [6.07, 6.45) is 4.01. The molecule has 0 amide bonds. The number of rotatable bonds is 2. The fourth-order valence-corrected chi connectivity index (χ4v) is 3.69. The summed E-state index contributed by atoms with van der Waals surface area (Å²) in [6, 6.07) is 0. The van der Waals surface area contributed by atoms with E-state index in [1.165, 1.54) is 25.1 Å². The van der Waals surface area contributed by atoms with E-state index < -0.39 is 0 Å². The number of aromatic nitrogens is 3. The van der Waals surface area contributed by atoms with Gasteiger partial charge in [0.25, 0.3) is 0 Å². The SMILES string of the molecule is Cc1nc(C23CC(C(C)C)(C2)C3)n(C)n1. The van der Waals surface area contributed by atoms with Crippen molar-refractivity contribution in [3.05, 3.63) is 11.6 Å². The van der Waals surface area contributed by atoms with Crippen molar-refractivity contribution < 1.29 is 0 Å². The van der Waals surface area contributed by atoms with Gasteiger partial charge in [-0.05, 0) is 37.5 Å². The summed E-state index contributed by atoms with van der Waals surface area (Å²) in [5.74, 6) is 2.96. The second kappa shape index (κ2) is 2.45. The minimum Gasteiger partial charge on any atom is -0.252 e. The van der Waals surface area contributed by atoms with Gasteiger partial charge in [0, 0.05) is 12.5 Å². The van der Waals surface area contributed by atoms with Gasteiger partial charge in [-0.3, -0.25) is 4.68 Å². The Bertz CT molecular complexity index is 397. The molecule has 0 atom stereocenters. The zero-order valence-corrected chi connectivity index (χ0v) is 10.0. The molecule has 1 aromatic rings. The van der Waals surface area contributed by atoms with Crippen molar-refractivity contribution in [2.24, 2.45) is 18.4 Å². The quantitative estimate of drug-likeness (QED) is 0.741. The van der Waals surface area contributed by atoms with E-state index in [1.54, 1.807) is 0 Å². The van der Waals surface area contributed by atoms with Crippen LogP contribution in [0.1, 0.15) is 44.8 Å². The average molecular weight is 205 g/mol. The van der Waals surface area contributed by atoms with Crippen molar-refractivity contribution in [1.29, 1.82) is 0 Å². The zero-order chi connectivity index (χ0) is 10.8. The van der Waals surface area contributed by atoms with Crippen molar-refractivity contribution in [2.75, 3.05) is 0 Å². The second-order valence-corrected chi connectivity index (χ2v) is 5.93. The Hall–Kier alpha value is -0.860. The molecule has 0 spiro atoms. The number of aryl methyl sites for hydroxylation is 2. The molecular formula is C12H19N3. The fourth-order valence-electron chi connectivity index (χ4n) is 3.69. The van der Waals surface area contributed by atoms with Gasteiger partial charge in [0.15, 0.2) is 0 Å². The summed E-state index contributed by atoms with van der Waals surface area (Å²) >= 11 is 0. The van der Waals surface area contributed by atoms with Gasteiger partial charge in [-0.1, -0.05) is 13.8 Å². The lowest BCUT2D eigenvalue weighted by atomic mass is 9.32. The average Bonchev–Trinajstić information content (AvgIpc) is 2.24. The van der Waals surface area contributed by atoms with Crippen LogP contribution < -0.4 is 0 Å². The van der Waals surface area contributed by atoms with Crippen LogP contribution in [0.25, 0.3) is 0 Å². The maximum atomic E-state index is 4.58. The first-order valence-corrected chi connectivity index (χ1v) is 5.86. The molecule has 1 heterocycles. The summed E-state index contributed by atoms with van der Waals surface area (Å²) in [4.78, 5) is 4.58. The lowest BCUT2D eigenvalue weighted by molar-refractivity contribution is -0.178. The van der Waals surface area contributed by atoms with Crippen LogP contribution in [0.15, 0.2) is 0 Å². The first-order chi connectivity index (χ1) is 6.97. The Balaban J connectivity index is 1.86. The summed E-state index contributed by atoms with van der Waals surface area (Å²) in [6.45, 7) is 6.68. The van der Waals surface area contributed by atoms with E-state index in [0.717, 1.165) is 11.7 Å². The number of hydrogen-bond acceptors (Lipinski definition) is 2. The predicted molar refractivity (Wildman–Crippen MR) is 58.5 cm³/mol. The minimum atomic E-state index is 0.403. The largest absolute Gasteiger partial charge is 0.252 e. The molecule has 0 saturated heterocycles. The van der Waals surface area contributed by atoms with Crippen LogP contribution in [0.4, 0.5) is 0 Å². The van der Waals surface area contributed by atoms with E-state index in [0.29, 0.717) is 10.8 Å². The van der Waals surface area contributed by atoms with E-state index in [9.17, 15) is 0 Å². The monoisotopic (exact) mass is 205 g/mol. The maximum Gasteiger partial charge on any atom is 0.147 e. The van der Waals surface area contributed by atoms with E-state index >= 15 is 0 Å². The van der Waals surface area contributed by atoms with E-state index in [-0.39, 0.29) is 0 Å². The summed E-state index contributed by atoms with van der Waals surface area (Å²) < 4.78 is 1.98. The molecule has 4 rings (SSSR count). The predicted octanol–water partition coefficient (Wildman–Crippen LogP) is 2.20. The second-order valence-electron chi connectivity index (χ2n) is 5.93. The van der Waals surface area contributed by atoms with Crippen LogP contribution in [0.3, 0.4) is 0 Å². The number of nitrogens with zero attached hydrogens (tertiary/aromatic N) is 3. The zero-order valence-electron chi connectivity index (χ0n) is 10.0. The molecule has 3 heteroatoms. The van der Waals surface area contributed by atoms with Gasteiger partial charge in [-0.15, -0.1) is 0 Å². The molecule has 3 aliphatic carbocycles. The molecule has 2 bridgehead atoms. The van der Waals surface area contributed by atoms with Gasteiger partial charge >= 0.3 is 0 Å². The lowest BCUT2D eigenvalue weighted by Crippen LogP contribution is -2.67. The Morgan fingerprint density at radius 1 is 1.27 bits per heavy atom. The van der Waals surface area contributed by atoms with Crippen molar-refractivity contribution >= 4 is 0 Å². The Morgan fingerprint density at radius 3 is 2.27 bits per heavy atom. The molecule has 0 aromatic carbocycles. The lowest BCUT2D eigenvalue weighted by Gasteiger charge is -2.72. The highest BCUT2D eigenvalue weighted by atomic mass is 15.3. The van der Waals surface area contributed by atoms with Gasteiger partial charge in [-0.25, -0.2) is 4.98 Å². The smallest absolute Gasteiger partial charge is 0.147 e. The molecule has 82 valence electrons. The van der Waals surface area contributed by atoms with Crippen LogP contribution in [-0.2, 0) is 12.5 Å². The van der Waals surface area contributed by atoms with Gasteiger partial charge < -0.3 is 0 Å². The molecule has 0 unspecified atom stereocenters. The molecule has 3 fully saturated rings. The third-order valence-corrected chi connectivity index (χ3v) is 4.64. The summed E-state index contributed by atoms with van der Waals surface area (Å²) in [7, 11) is 2.03. The van der Waals surface area contributed by atoms with Crippen LogP contribution in [-0.4, -0.2) is 14.8 Å². The molecule has 3 nitrogen and oxygen atoms in total. The van der Waals surface area contributed by atoms with Crippen molar-refractivity contribution in [3.63, 3.8) is 0 Å². The fraction of sp³-hybridized carbons (Fsp3) is 0.833. The first-order valence-electron chi connectivity index (χ1n) is 5.86. The molecule has 15 heavy (non-hydrogen) atoms. The first kappa shape index (κ1) is 9.37. The molecule has 3 aliphatic rings. The minimum absolute atomic E-state index is 0.403. The van der Waals surface area contributed by atoms with Crippen LogP contribution >= 0.6 is 0 Å². The molecule has 3 saturated carbocycles. The van der Waals surface area contributed by atoms with Crippen molar-refractivity contribution in [2.45, 2.75) is 45.4 Å². The van der Waals surface area contributed by atoms with Gasteiger partial charge in [0.2, 0.25) is 0 Å². The highest BCUT2D eigenvalue weighted by Crippen LogP contribution is 2.75. The third-order valence-electron chi connectivity index (χ3n) is 4.64. The van der Waals surface area contributed by atoms with Crippen molar-refractivity contribution in [1.82, 2.24) is 14.8 Å². The molecule has 0 N–H and O–H groups in total. The Morgan fingerprint density at radius 2 is 1.87 bits per heavy atom. The van der Waals surface area contributed by atoms with Gasteiger partial charge in [0.05, 0.1) is 0 Å².